The smallest absolute Gasteiger partial charge is 0.0870 e. The fraction of sp³-hybridized carbons (Fsp3) is 0.889. The van der Waals surface area contributed by atoms with E-state index >= 15 is 0 Å². The summed E-state index contributed by atoms with van der Waals surface area (Å²) >= 11 is 4.89. The fourth-order valence-electron chi connectivity index (χ4n) is 1.50. The van der Waals surface area contributed by atoms with Crippen molar-refractivity contribution < 1.29 is 0 Å². The highest BCUT2D eigenvalue weighted by Crippen LogP contribution is 2.07. The predicted octanol–water partition coefficient (Wildman–Crippen LogP) is 1.78. The number of likely N-dealkylation sites (N-methyl/N-ethyl adjacent to an activating group) is 1. The third kappa shape index (κ3) is 4.02. The maximum atomic E-state index is 5.51. The Morgan fingerprint density at radius 1 is 1.33 bits per heavy atom. The molecule has 0 spiro atoms. The molecule has 0 amide bonds. The van der Waals surface area contributed by atoms with Gasteiger partial charge in [0.15, 0.2) is 0 Å². The van der Waals surface area contributed by atoms with Crippen molar-refractivity contribution in [2.45, 2.75) is 39.7 Å². The second-order valence-electron chi connectivity index (χ2n) is 3.00. The van der Waals surface area contributed by atoms with Crippen molar-refractivity contribution in [1.29, 1.82) is 0 Å². The van der Waals surface area contributed by atoms with E-state index in [2.05, 4.69) is 25.7 Å². The van der Waals surface area contributed by atoms with E-state index in [9.17, 15) is 0 Å². The van der Waals surface area contributed by atoms with Crippen LogP contribution in [-0.4, -0.2) is 29.0 Å². The predicted molar refractivity (Wildman–Crippen MR) is 58.4 cm³/mol. The van der Waals surface area contributed by atoms with Gasteiger partial charge in [0.1, 0.15) is 0 Å². The average molecular weight is 188 g/mol. The van der Waals surface area contributed by atoms with Crippen LogP contribution in [0.25, 0.3) is 0 Å². The lowest BCUT2D eigenvalue weighted by Crippen LogP contribution is -2.39. The van der Waals surface area contributed by atoms with E-state index in [0.29, 0.717) is 11.0 Å². The van der Waals surface area contributed by atoms with Crippen LogP contribution in [0.15, 0.2) is 0 Å². The van der Waals surface area contributed by atoms with Crippen molar-refractivity contribution in [3.8, 4) is 0 Å². The van der Waals surface area contributed by atoms with E-state index in [1.54, 1.807) is 0 Å². The van der Waals surface area contributed by atoms with Crippen LogP contribution in [0.3, 0.4) is 0 Å². The molecule has 0 saturated carbocycles. The lowest BCUT2D eigenvalue weighted by Gasteiger charge is -2.28. The molecule has 0 saturated heterocycles. The molecule has 0 unspecified atom stereocenters. The van der Waals surface area contributed by atoms with E-state index < -0.39 is 0 Å². The molecule has 0 aliphatic heterocycles. The number of nitrogens with zero attached hydrogens (tertiary/aromatic N) is 1. The average Bonchev–Trinajstić information content (AvgIpc) is 2.04. The molecule has 2 N–H and O–H groups in total. The van der Waals surface area contributed by atoms with Crippen LogP contribution < -0.4 is 5.73 Å². The van der Waals surface area contributed by atoms with E-state index in [4.69, 9.17) is 18.0 Å². The maximum absolute atomic E-state index is 5.51. The zero-order valence-electron chi connectivity index (χ0n) is 8.34. The van der Waals surface area contributed by atoms with Crippen molar-refractivity contribution in [3.05, 3.63) is 0 Å². The van der Waals surface area contributed by atoms with Gasteiger partial charge in [0.05, 0.1) is 4.99 Å². The zero-order chi connectivity index (χ0) is 9.56. The molecule has 0 aromatic rings. The van der Waals surface area contributed by atoms with Gasteiger partial charge < -0.3 is 5.73 Å². The van der Waals surface area contributed by atoms with Crippen LogP contribution in [-0.2, 0) is 0 Å². The minimum absolute atomic E-state index is 0.601. The van der Waals surface area contributed by atoms with Crippen LogP contribution in [0.4, 0.5) is 0 Å². The molecule has 2 nitrogen and oxygen atoms in total. The summed E-state index contributed by atoms with van der Waals surface area (Å²) in [6.45, 7) is 8.35. The second-order valence-corrected chi connectivity index (χ2v) is 3.52. The summed E-state index contributed by atoms with van der Waals surface area (Å²) in [5, 5.41) is 0. The molecule has 3 heteroatoms. The first-order chi connectivity index (χ1) is 5.65. The summed E-state index contributed by atoms with van der Waals surface area (Å²) in [7, 11) is 0. The van der Waals surface area contributed by atoms with Crippen molar-refractivity contribution in [3.63, 3.8) is 0 Å². The first-order valence-corrected chi connectivity index (χ1v) is 5.08. The van der Waals surface area contributed by atoms with E-state index in [0.717, 1.165) is 13.1 Å². The zero-order valence-corrected chi connectivity index (χ0v) is 9.16. The van der Waals surface area contributed by atoms with Gasteiger partial charge in [0, 0.05) is 12.6 Å². The SMILES string of the molecule is CCC(CC)N(CC)CC(N)=S. The van der Waals surface area contributed by atoms with Crippen molar-refractivity contribution in [2.24, 2.45) is 5.73 Å². The van der Waals surface area contributed by atoms with Crippen LogP contribution in [0.5, 0.6) is 0 Å². The first kappa shape index (κ1) is 11.8. The van der Waals surface area contributed by atoms with Gasteiger partial charge in [-0.2, -0.15) is 0 Å². The molecule has 0 aromatic heterocycles. The standard InChI is InChI=1S/C9H20N2S/c1-4-8(5-2)11(6-3)7-9(10)12/h8H,4-7H2,1-3H3,(H2,10,12). The number of rotatable bonds is 6. The monoisotopic (exact) mass is 188 g/mol. The highest BCUT2D eigenvalue weighted by molar-refractivity contribution is 7.80. The molecule has 0 rings (SSSR count). The number of nitrogens with two attached hydrogens (primary N) is 1. The molecule has 0 radical (unpaired) electrons. The summed E-state index contributed by atoms with van der Waals surface area (Å²) in [6.07, 6.45) is 2.35. The maximum Gasteiger partial charge on any atom is 0.0870 e. The Morgan fingerprint density at radius 2 is 1.83 bits per heavy atom. The molecule has 0 bridgehead atoms. The molecular formula is C9H20N2S. The first-order valence-electron chi connectivity index (χ1n) is 4.67. The van der Waals surface area contributed by atoms with Gasteiger partial charge in [0.25, 0.3) is 0 Å². The molecule has 0 aromatic carbocycles. The minimum Gasteiger partial charge on any atom is -0.392 e. The number of hydrogen-bond donors (Lipinski definition) is 1. The van der Waals surface area contributed by atoms with Gasteiger partial charge in [0.2, 0.25) is 0 Å². The molecule has 12 heavy (non-hydrogen) atoms. The van der Waals surface area contributed by atoms with Gasteiger partial charge in [-0.3, -0.25) is 4.90 Å². The lowest BCUT2D eigenvalue weighted by molar-refractivity contribution is 0.223. The molecule has 0 atom stereocenters. The summed E-state index contributed by atoms with van der Waals surface area (Å²) < 4.78 is 0. The van der Waals surface area contributed by atoms with Crippen LogP contribution in [0.2, 0.25) is 0 Å². The molecule has 0 aliphatic rings. The normalized spacial score (nSPS) is 11.1. The highest BCUT2D eigenvalue weighted by Gasteiger charge is 2.12. The Labute approximate surface area is 81.1 Å². The summed E-state index contributed by atoms with van der Waals surface area (Å²) in [5.74, 6) is 0. The Bertz CT molecular complexity index is 132. The highest BCUT2D eigenvalue weighted by atomic mass is 32.1. The quantitative estimate of drug-likeness (QED) is 0.644. The third-order valence-corrected chi connectivity index (χ3v) is 2.35. The van der Waals surface area contributed by atoms with Gasteiger partial charge in [-0.1, -0.05) is 33.0 Å². The Morgan fingerprint density at radius 3 is 2.08 bits per heavy atom. The molecule has 0 heterocycles. The summed E-state index contributed by atoms with van der Waals surface area (Å²) in [6, 6.07) is 0.636. The van der Waals surface area contributed by atoms with E-state index in [1.165, 1.54) is 12.8 Å². The van der Waals surface area contributed by atoms with Crippen LogP contribution >= 0.6 is 12.2 Å². The Kier molecular flexibility index (Phi) is 6.30. The van der Waals surface area contributed by atoms with Crippen molar-refractivity contribution >= 4 is 17.2 Å². The van der Waals surface area contributed by atoms with Gasteiger partial charge in [-0.15, -0.1) is 0 Å². The second kappa shape index (κ2) is 6.38. The summed E-state index contributed by atoms with van der Waals surface area (Å²) in [4.78, 5) is 2.94. The molecule has 72 valence electrons. The molecule has 0 fully saturated rings. The fourth-order valence-corrected chi connectivity index (χ4v) is 1.67. The van der Waals surface area contributed by atoms with Crippen molar-refractivity contribution in [2.75, 3.05) is 13.1 Å². The topological polar surface area (TPSA) is 29.3 Å². The van der Waals surface area contributed by atoms with Gasteiger partial charge >= 0.3 is 0 Å². The lowest BCUT2D eigenvalue weighted by atomic mass is 10.1. The third-order valence-electron chi connectivity index (χ3n) is 2.22. The Balaban J connectivity index is 4.01. The largest absolute Gasteiger partial charge is 0.392 e. The van der Waals surface area contributed by atoms with E-state index in [1.807, 2.05) is 0 Å². The number of thiocarbonyl (C=S) groups is 1. The van der Waals surface area contributed by atoms with Gasteiger partial charge in [-0.25, -0.2) is 0 Å². The van der Waals surface area contributed by atoms with Crippen LogP contribution in [0.1, 0.15) is 33.6 Å². The number of hydrogen-bond acceptors (Lipinski definition) is 2. The minimum atomic E-state index is 0.601. The molecular weight excluding hydrogens is 168 g/mol. The van der Waals surface area contributed by atoms with E-state index in [-0.39, 0.29) is 0 Å². The summed E-state index contributed by atoms with van der Waals surface area (Å²) in [5.41, 5.74) is 5.51. The van der Waals surface area contributed by atoms with Crippen molar-refractivity contribution in [1.82, 2.24) is 4.90 Å². The molecule has 0 aliphatic carbocycles. The van der Waals surface area contributed by atoms with Gasteiger partial charge in [-0.05, 0) is 19.4 Å². The Hall–Kier alpha value is -0.150. The van der Waals surface area contributed by atoms with Crippen LogP contribution in [0, 0.1) is 0 Å².